The van der Waals surface area contributed by atoms with Crippen LogP contribution in [0.1, 0.15) is 35.4 Å². The number of rotatable bonds is 6. The van der Waals surface area contributed by atoms with E-state index in [4.69, 9.17) is 17.0 Å². The van der Waals surface area contributed by atoms with Gasteiger partial charge in [-0.05, 0) is 36.8 Å². The number of halogens is 2. The molecule has 2 heterocycles. The molecule has 26 heavy (non-hydrogen) atoms. The maximum Gasteiger partial charge on any atom is 0.207 e. The molecular formula is C19H16ClFN4O. The number of aromatic nitrogens is 3. The quantitative estimate of drug-likeness (QED) is 0.489. The van der Waals surface area contributed by atoms with Crippen LogP contribution < -0.4 is 0 Å². The van der Waals surface area contributed by atoms with Gasteiger partial charge in [0.05, 0.1) is 28.5 Å². The lowest BCUT2D eigenvalue weighted by Crippen LogP contribution is -2.22. The fraction of sp³-hybridized carbons (Fsp3) is 0.158. The van der Waals surface area contributed by atoms with Crippen molar-refractivity contribution in [1.29, 1.82) is 5.41 Å². The number of ketones is 1. The number of pyridine rings is 1. The molecule has 0 saturated carbocycles. The number of imidazole rings is 1. The van der Waals surface area contributed by atoms with Crippen LogP contribution in [0, 0.1) is 11.2 Å². The van der Waals surface area contributed by atoms with Gasteiger partial charge in [0, 0.05) is 23.5 Å². The van der Waals surface area contributed by atoms with Crippen LogP contribution in [0.2, 0.25) is 5.02 Å². The molecule has 1 unspecified atom stereocenters. The van der Waals surface area contributed by atoms with Crippen molar-refractivity contribution in [2.24, 2.45) is 0 Å². The molecule has 2 aromatic heterocycles. The highest BCUT2D eigenvalue weighted by atomic mass is 35.5. The minimum atomic E-state index is -0.603. The summed E-state index contributed by atoms with van der Waals surface area (Å²) in [5.74, 6) is -1.08. The van der Waals surface area contributed by atoms with Crippen LogP contribution in [0.4, 0.5) is 4.39 Å². The summed E-state index contributed by atoms with van der Waals surface area (Å²) >= 11 is 5.74. The topological polar surface area (TPSA) is 82.5 Å². The van der Waals surface area contributed by atoms with E-state index in [2.05, 4.69) is 15.0 Å². The maximum absolute atomic E-state index is 13.3. The standard InChI is InChI=1S/C19H16ClFN4O/c1-2-13(17(22)18(26)11-5-6-15(21)14(20)8-11)19-24-10-16(25-19)12-4-3-7-23-9-12/h3-10,13,22H,2H2,1H3,(H,24,25). The Morgan fingerprint density at radius 2 is 2.15 bits per heavy atom. The van der Waals surface area contributed by atoms with Gasteiger partial charge in [0.2, 0.25) is 5.78 Å². The molecule has 132 valence electrons. The number of Topliss-reactive ketones (excluding diaryl/α,β-unsaturated/α-hetero) is 1. The van der Waals surface area contributed by atoms with Crippen molar-refractivity contribution in [2.45, 2.75) is 19.3 Å². The van der Waals surface area contributed by atoms with Crippen molar-refractivity contribution < 1.29 is 9.18 Å². The highest BCUT2D eigenvalue weighted by Gasteiger charge is 2.25. The highest BCUT2D eigenvalue weighted by Crippen LogP contribution is 2.25. The molecule has 0 spiro atoms. The smallest absolute Gasteiger partial charge is 0.207 e. The minimum Gasteiger partial charge on any atom is -0.341 e. The molecule has 3 rings (SSSR count). The van der Waals surface area contributed by atoms with E-state index in [1.807, 2.05) is 19.1 Å². The zero-order valence-electron chi connectivity index (χ0n) is 14.0. The first-order chi connectivity index (χ1) is 12.5. The van der Waals surface area contributed by atoms with Crippen LogP contribution in [0.15, 0.2) is 48.9 Å². The molecule has 0 radical (unpaired) electrons. The average molecular weight is 371 g/mol. The molecule has 0 aliphatic carbocycles. The van der Waals surface area contributed by atoms with Gasteiger partial charge in [0.25, 0.3) is 0 Å². The molecular weight excluding hydrogens is 355 g/mol. The van der Waals surface area contributed by atoms with E-state index in [1.165, 1.54) is 12.1 Å². The number of hydrogen-bond donors (Lipinski definition) is 2. The Hall–Kier alpha value is -2.86. The Balaban J connectivity index is 1.86. The van der Waals surface area contributed by atoms with Crippen molar-refractivity contribution in [3.05, 3.63) is 71.2 Å². The lowest BCUT2D eigenvalue weighted by molar-refractivity contribution is 0.106. The predicted molar refractivity (Wildman–Crippen MR) is 98.3 cm³/mol. The SMILES string of the molecule is CCC(C(=N)C(=O)c1ccc(F)c(Cl)c1)c1ncc(-c2cccnc2)[nH]1. The van der Waals surface area contributed by atoms with Gasteiger partial charge >= 0.3 is 0 Å². The Morgan fingerprint density at radius 1 is 1.35 bits per heavy atom. The minimum absolute atomic E-state index is 0.123. The van der Waals surface area contributed by atoms with Crippen molar-refractivity contribution in [2.75, 3.05) is 0 Å². The number of nitrogens with one attached hydrogen (secondary N) is 2. The number of aromatic amines is 1. The summed E-state index contributed by atoms with van der Waals surface area (Å²) < 4.78 is 13.3. The van der Waals surface area contributed by atoms with E-state index in [1.54, 1.807) is 18.6 Å². The summed E-state index contributed by atoms with van der Waals surface area (Å²) in [4.78, 5) is 24.2. The number of benzene rings is 1. The molecule has 0 saturated heterocycles. The third kappa shape index (κ3) is 3.55. The van der Waals surface area contributed by atoms with E-state index in [0.717, 1.165) is 17.3 Å². The molecule has 0 aliphatic heterocycles. The summed E-state index contributed by atoms with van der Waals surface area (Å²) in [7, 11) is 0. The summed E-state index contributed by atoms with van der Waals surface area (Å²) in [5, 5.41) is 8.16. The number of H-pyrrole nitrogens is 1. The Morgan fingerprint density at radius 3 is 2.81 bits per heavy atom. The van der Waals surface area contributed by atoms with Crippen molar-refractivity contribution in [1.82, 2.24) is 15.0 Å². The Kier molecular flexibility index (Phi) is 5.23. The van der Waals surface area contributed by atoms with Crippen LogP contribution in [-0.2, 0) is 0 Å². The van der Waals surface area contributed by atoms with Crippen molar-refractivity contribution >= 4 is 23.1 Å². The summed E-state index contributed by atoms with van der Waals surface area (Å²) in [6, 6.07) is 7.40. The van der Waals surface area contributed by atoms with E-state index >= 15 is 0 Å². The summed E-state index contributed by atoms with van der Waals surface area (Å²) in [5.41, 5.74) is 1.68. The first kappa shape index (κ1) is 17.9. The Bertz CT molecular complexity index is 955. The molecule has 0 aliphatic rings. The van der Waals surface area contributed by atoms with E-state index < -0.39 is 17.5 Å². The maximum atomic E-state index is 13.3. The molecule has 0 amide bonds. The van der Waals surface area contributed by atoms with Crippen LogP contribution in [0.25, 0.3) is 11.3 Å². The Labute approximate surface area is 154 Å². The molecule has 3 aromatic rings. The zero-order valence-corrected chi connectivity index (χ0v) is 14.7. The van der Waals surface area contributed by atoms with Crippen LogP contribution in [0.5, 0.6) is 0 Å². The number of carbonyl (C=O) groups excluding carboxylic acids is 1. The van der Waals surface area contributed by atoms with Gasteiger partial charge in [-0.15, -0.1) is 0 Å². The van der Waals surface area contributed by atoms with E-state index in [9.17, 15) is 9.18 Å². The fourth-order valence-electron chi connectivity index (χ4n) is 2.67. The molecule has 2 N–H and O–H groups in total. The third-order valence-electron chi connectivity index (χ3n) is 4.08. The van der Waals surface area contributed by atoms with Crippen molar-refractivity contribution in [3.63, 3.8) is 0 Å². The second-order valence-corrected chi connectivity index (χ2v) is 6.16. The third-order valence-corrected chi connectivity index (χ3v) is 4.37. The van der Waals surface area contributed by atoms with Crippen LogP contribution in [0.3, 0.4) is 0 Å². The predicted octanol–water partition coefficient (Wildman–Crippen LogP) is 4.66. The molecule has 5 nitrogen and oxygen atoms in total. The molecule has 1 atom stereocenters. The van der Waals surface area contributed by atoms with E-state index in [-0.39, 0.29) is 16.3 Å². The molecule has 0 fully saturated rings. The van der Waals surface area contributed by atoms with Gasteiger partial charge in [-0.25, -0.2) is 9.37 Å². The fourth-order valence-corrected chi connectivity index (χ4v) is 2.85. The largest absolute Gasteiger partial charge is 0.341 e. The zero-order chi connectivity index (χ0) is 18.7. The number of hydrogen-bond acceptors (Lipinski definition) is 4. The lowest BCUT2D eigenvalue weighted by atomic mass is 9.93. The molecule has 1 aromatic carbocycles. The van der Waals surface area contributed by atoms with Crippen LogP contribution >= 0.6 is 11.6 Å². The highest BCUT2D eigenvalue weighted by molar-refractivity contribution is 6.46. The first-order valence-corrected chi connectivity index (χ1v) is 8.42. The molecule has 0 bridgehead atoms. The molecule has 7 heteroatoms. The second-order valence-electron chi connectivity index (χ2n) is 5.76. The van der Waals surface area contributed by atoms with Gasteiger partial charge in [0.15, 0.2) is 0 Å². The van der Waals surface area contributed by atoms with E-state index in [0.29, 0.717) is 12.2 Å². The van der Waals surface area contributed by atoms with Gasteiger partial charge in [0.1, 0.15) is 11.6 Å². The second kappa shape index (κ2) is 7.58. The number of nitrogens with zero attached hydrogens (tertiary/aromatic N) is 2. The van der Waals surface area contributed by atoms with Gasteiger partial charge in [-0.3, -0.25) is 9.78 Å². The van der Waals surface area contributed by atoms with Gasteiger partial charge in [-0.1, -0.05) is 18.5 Å². The lowest BCUT2D eigenvalue weighted by Gasteiger charge is -2.13. The van der Waals surface area contributed by atoms with Gasteiger partial charge in [-0.2, -0.15) is 0 Å². The normalized spacial score (nSPS) is 12.0. The average Bonchev–Trinajstić information content (AvgIpc) is 3.14. The van der Waals surface area contributed by atoms with Crippen LogP contribution in [-0.4, -0.2) is 26.4 Å². The monoisotopic (exact) mass is 370 g/mol. The summed E-state index contributed by atoms with van der Waals surface area (Å²) in [6.07, 6.45) is 5.55. The number of carbonyl (C=O) groups is 1. The van der Waals surface area contributed by atoms with Crippen molar-refractivity contribution in [3.8, 4) is 11.3 Å². The van der Waals surface area contributed by atoms with Gasteiger partial charge < -0.3 is 10.4 Å². The first-order valence-electron chi connectivity index (χ1n) is 8.04. The summed E-state index contributed by atoms with van der Waals surface area (Å²) in [6.45, 7) is 1.87.